The fourth-order valence-electron chi connectivity index (χ4n) is 2.41. The molecule has 5 nitrogen and oxygen atoms in total. The number of anilines is 1. The van der Waals surface area contributed by atoms with E-state index in [9.17, 15) is 14.0 Å². The van der Waals surface area contributed by atoms with Crippen molar-refractivity contribution in [2.45, 2.75) is 25.3 Å². The van der Waals surface area contributed by atoms with Gasteiger partial charge in [-0.25, -0.2) is 4.39 Å². The van der Waals surface area contributed by atoms with Crippen molar-refractivity contribution in [2.24, 2.45) is 0 Å². The summed E-state index contributed by atoms with van der Waals surface area (Å²) in [5.74, 6) is -1.49. The van der Waals surface area contributed by atoms with Gasteiger partial charge in [0, 0.05) is 18.7 Å². The highest BCUT2D eigenvalue weighted by molar-refractivity contribution is 5.90. The van der Waals surface area contributed by atoms with E-state index in [0.717, 1.165) is 6.42 Å². The van der Waals surface area contributed by atoms with Gasteiger partial charge in [-0.3, -0.25) is 14.5 Å². The van der Waals surface area contributed by atoms with Crippen LogP contribution in [0.25, 0.3) is 0 Å². The number of aliphatic carboxylic acids is 1. The van der Waals surface area contributed by atoms with Crippen molar-refractivity contribution in [3.8, 4) is 0 Å². The third-order valence-electron chi connectivity index (χ3n) is 3.38. The van der Waals surface area contributed by atoms with Crippen molar-refractivity contribution in [2.75, 3.05) is 18.4 Å². The number of hydrogen-bond acceptors (Lipinski definition) is 3. The molecule has 2 rings (SSSR count). The zero-order valence-corrected chi connectivity index (χ0v) is 11.0. The second kappa shape index (κ2) is 6.47. The number of benzene rings is 1. The standard InChI is InChI=1S/C14H17FN2O3/c15-10-3-1-4-11(9-10)16-13(18)6-8-17-7-2-5-12(17)14(19)20/h1,3-4,9,12H,2,5-8H2,(H,16,18)(H,19,20). The lowest BCUT2D eigenvalue weighted by Gasteiger charge is -2.20. The van der Waals surface area contributed by atoms with Crippen LogP contribution in [0.15, 0.2) is 24.3 Å². The predicted molar refractivity (Wildman–Crippen MR) is 71.9 cm³/mol. The molecule has 1 saturated heterocycles. The summed E-state index contributed by atoms with van der Waals surface area (Å²) in [6.07, 6.45) is 1.66. The quantitative estimate of drug-likeness (QED) is 0.861. The zero-order valence-electron chi connectivity index (χ0n) is 11.0. The van der Waals surface area contributed by atoms with E-state index in [1.807, 2.05) is 0 Å². The Morgan fingerprint density at radius 2 is 2.25 bits per heavy atom. The van der Waals surface area contributed by atoms with Crippen LogP contribution in [0.2, 0.25) is 0 Å². The number of nitrogens with one attached hydrogen (secondary N) is 1. The Morgan fingerprint density at radius 1 is 1.45 bits per heavy atom. The van der Waals surface area contributed by atoms with Crippen molar-refractivity contribution in [1.82, 2.24) is 4.90 Å². The molecule has 0 spiro atoms. The monoisotopic (exact) mass is 280 g/mol. The number of amides is 1. The minimum Gasteiger partial charge on any atom is -0.480 e. The van der Waals surface area contributed by atoms with Gasteiger partial charge < -0.3 is 10.4 Å². The molecule has 1 unspecified atom stereocenters. The summed E-state index contributed by atoms with van der Waals surface area (Å²) in [7, 11) is 0. The van der Waals surface area contributed by atoms with E-state index in [4.69, 9.17) is 5.11 Å². The van der Waals surface area contributed by atoms with E-state index in [-0.39, 0.29) is 12.3 Å². The van der Waals surface area contributed by atoms with E-state index in [2.05, 4.69) is 5.32 Å². The highest BCUT2D eigenvalue weighted by Gasteiger charge is 2.30. The second-order valence-electron chi connectivity index (χ2n) is 4.84. The summed E-state index contributed by atoms with van der Waals surface area (Å²) in [4.78, 5) is 24.5. The van der Waals surface area contributed by atoms with Gasteiger partial charge in [0.2, 0.25) is 5.91 Å². The van der Waals surface area contributed by atoms with Crippen LogP contribution in [0.1, 0.15) is 19.3 Å². The molecule has 1 aromatic rings. The number of hydrogen-bond donors (Lipinski definition) is 2. The smallest absolute Gasteiger partial charge is 0.320 e. The molecule has 1 aliphatic rings. The van der Waals surface area contributed by atoms with Crippen LogP contribution in [0.5, 0.6) is 0 Å². The van der Waals surface area contributed by atoms with E-state index in [1.165, 1.54) is 18.2 Å². The first-order valence-corrected chi connectivity index (χ1v) is 6.58. The number of carbonyl (C=O) groups is 2. The van der Waals surface area contributed by atoms with Gasteiger partial charge in [0.15, 0.2) is 0 Å². The van der Waals surface area contributed by atoms with Crippen LogP contribution >= 0.6 is 0 Å². The first kappa shape index (κ1) is 14.5. The fraction of sp³-hybridized carbons (Fsp3) is 0.429. The predicted octanol–water partition coefficient (Wildman–Crippen LogP) is 1.70. The van der Waals surface area contributed by atoms with Crippen LogP contribution < -0.4 is 5.32 Å². The molecule has 0 radical (unpaired) electrons. The van der Waals surface area contributed by atoms with Gasteiger partial charge in [-0.15, -0.1) is 0 Å². The molecule has 1 aromatic carbocycles. The maximum atomic E-state index is 13.0. The summed E-state index contributed by atoms with van der Waals surface area (Å²) < 4.78 is 13.0. The SMILES string of the molecule is O=C(CCN1CCCC1C(=O)O)Nc1cccc(F)c1. The Labute approximate surface area is 116 Å². The Hall–Kier alpha value is -1.95. The van der Waals surface area contributed by atoms with Gasteiger partial charge in [-0.05, 0) is 37.6 Å². The van der Waals surface area contributed by atoms with E-state index in [1.54, 1.807) is 11.0 Å². The van der Waals surface area contributed by atoms with Crippen molar-refractivity contribution in [3.05, 3.63) is 30.1 Å². The van der Waals surface area contributed by atoms with Crippen LogP contribution in [0, 0.1) is 5.82 Å². The lowest BCUT2D eigenvalue weighted by atomic mass is 10.2. The minimum absolute atomic E-state index is 0.195. The third kappa shape index (κ3) is 3.77. The van der Waals surface area contributed by atoms with Gasteiger partial charge >= 0.3 is 5.97 Å². The molecule has 0 bridgehead atoms. The molecule has 1 amide bonds. The Balaban J connectivity index is 1.82. The third-order valence-corrected chi connectivity index (χ3v) is 3.38. The molecule has 0 aliphatic carbocycles. The Morgan fingerprint density at radius 3 is 2.95 bits per heavy atom. The lowest BCUT2D eigenvalue weighted by molar-refractivity contribution is -0.142. The average molecular weight is 280 g/mol. The number of carboxylic acids is 1. The second-order valence-corrected chi connectivity index (χ2v) is 4.84. The lowest BCUT2D eigenvalue weighted by Crippen LogP contribution is -2.37. The molecule has 1 heterocycles. The first-order valence-electron chi connectivity index (χ1n) is 6.58. The highest BCUT2D eigenvalue weighted by Crippen LogP contribution is 2.17. The number of halogens is 1. The van der Waals surface area contributed by atoms with Gasteiger partial charge in [-0.2, -0.15) is 0 Å². The normalized spacial score (nSPS) is 18.9. The summed E-state index contributed by atoms with van der Waals surface area (Å²) >= 11 is 0. The van der Waals surface area contributed by atoms with Crippen molar-refractivity contribution < 1.29 is 19.1 Å². The molecule has 1 aliphatic heterocycles. The molecule has 20 heavy (non-hydrogen) atoms. The number of carboxylic acid groups (broad SMARTS) is 1. The van der Waals surface area contributed by atoms with Crippen LogP contribution in [0.4, 0.5) is 10.1 Å². The van der Waals surface area contributed by atoms with Crippen molar-refractivity contribution >= 4 is 17.6 Å². The molecule has 0 saturated carbocycles. The maximum absolute atomic E-state index is 13.0. The van der Waals surface area contributed by atoms with E-state index < -0.39 is 17.8 Å². The molecule has 1 atom stereocenters. The fourth-order valence-corrected chi connectivity index (χ4v) is 2.41. The molecule has 6 heteroatoms. The van der Waals surface area contributed by atoms with E-state index >= 15 is 0 Å². The minimum atomic E-state index is -0.840. The molecule has 2 N–H and O–H groups in total. The summed E-state index contributed by atoms with van der Waals surface area (Å²) in [6.45, 7) is 1.10. The van der Waals surface area contributed by atoms with Gasteiger partial charge in [0.05, 0.1) is 0 Å². The Kier molecular flexibility index (Phi) is 4.68. The average Bonchev–Trinajstić information content (AvgIpc) is 2.85. The number of carbonyl (C=O) groups excluding carboxylic acids is 1. The van der Waals surface area contributed by atoms with Crippen molar-refractivity contribution in [3.63, 3.8) is 0 Å². The molecular weight excluding hydrogens is 263 g/mol. The summed E-state index contributed by atoms with van der Waals surface area (Å²) in [6, 6.07) is 5.19. The number of rotatable bonds is 5. The van der Waals surface area contributed by atoms with Gasteiger partial charge in [0.1, 0.15) is 11.9 Å². The zero-order chi connectivity index (χ0) is 14.5. The number of nitrogens with zero attached hydrogens (tertiary/aromatic N) is 1. The van der Waals surface area contributed by atoms with Gasteiger partial charge in [-0.1, -0.05) is 6.07 Å². The van der Waals surface area contributed by atoms with E-state index in [0.29, 0.717) is 25.2 Å². The van der Waals surface area contributed by atoms with Crippen molar-refractivity contribution in [1.29, 1.82) is 0 Å². The molecule has 1 fully saturated rings. The van der Waals surface area contributed by atoms with Crippen LogP contribution in [0.3, 0.4) is 0 Å². The topological polar surface area (TPSA) is 69.6 Å². The Bertz CT molecular complexity index is 507. The summed E-state index contributed by atoms with van der Waals surface area (Å²) in [5, 5.41) is 11.6. The maximum Gasteiger partial charge on any atom is 0.320 e. The largest absolute Gasteiger partial charge is 0.480 e. The number of likely N-dealkylation sites (tertiary alicyclic amines) is 1. The van der Waals surface area contributed by atoms with Crippen LogP contribution in [-0.4, -0.2) is 41.0 Å². The highest BCUT2D eigenvalue weighted by atomic mass is 19.1. The molecule has 108 valence electrons. The molecular formula is C14H17FN2O3. The van der Waals surface area contributed by atoms with Crippen LogP contribution in [-0.2, 0) is 9.59 Å². The van der Waals surface area contributed by atoms with Gasteiger partial charge in [0.25, 0.3) is 0 Å². The molecule has 0 aromatic heterocycles. The first-order chi connectivity index (χ1) is 9.56. The summed E-state index contributed by atoms with van der Waals surface area (Å²) in [5.41, 5.74) is 0.409.